The predicted octanol–water partition coefficient (Wildman–Crippen LogP) is 3.51. The molecule has 1 N–H and O–H groups in total. The van der Waals surface area contributed by atoms with Crippen molar-refractivity contribution in [2.24, 2.45) is 0 Å². The third-order valence-electron chi connectivity index (χ3n) is 3.33. The van der Waals surface area contributed by atoms with Crippen LogP contribution in [0.1, 0.15) is 11.1 Å². The third kappa shape index (κ3) is 4.41. The number of rotatable bonds is 5. The molecule has 0 bridgehead atoms. The number of amides is 1. The molecule has 2 aromatic carbocycles. The van der Waals surface area contributed by atoms with E-state index in [0.717, 1.165) is 11.1 Å². The zero-order chi connectivity index (χ0) is 17.8. The number of ether oxygens (including phenoxy) is 1. The third-order valence-corrected chi connectivity index (χ3v) is 3.33. The van der Waals surface area contributed by atoms with Crippen LogP contribution in [0.15, 0.2) is 47.0 Å². The van der Waals surface area contributed by atoms with Crippen molar-refractivity contribution < 1.29 is 18.4 Å². The van der Waals surface area contributed by atoms with Gasteiger partial charge in [-0.25, -0.2) is 4.39 Å². The number of aryl methyl sites for hydroxylation is 2. The lowest BCUT2D eigenvalue weighted by molar-refractivity contribution is -0.118. The van der Waals surface area contributed by atoms with Gasteiger partial charge in [-0.15, -0.1) is 0 Å². The number of aromatic nitrogens is 2. The van der Waals surface area contributed by atoms with Crippen LogP contribution in [-0.2, 0) is 4.79 Å². The molecule has 0 aliphatic carbocycles. The van der Waals surface area contributed by atoms with Crippen LogP contribution in [0, 0.1) is 19.7 Å². The molecule has 0 saturated heterocycles. The minimum absolute atomic E-state index is 0.0216. The van der Waals surface area contributed by atoms with E-state index in [2.05, 4.69) is 15.5 Å². The molecular weight excluding hydrogens is 325 g/mol. The van der Waals surface area contributed by atoms with Crippen molar-refractivity contribution in [3.8, 4) is 17.2 Å². The number of hydrogen-bond donors (Lipinski definition) is 1. The van der Waals surface area contributed by atoms with Gasteiger partial charge >= 0.3 is 0 Å². The van der Waals surface area contributed by atoms with E-state index < -0.39 is 5.91 Å². The first kappa shape index (κ1) is 16.6. The van der Waals surface area contributed by atoms with Crippen LogP contribution in [-0.4, -0.2) is 22.7 Å². The van der Waals surface area contributed by atoms with Gasteiger partial charge in [0.15, 0.2) is 6.61 Å². The van der Waals surface area contributed by atoms with Gasteiger partial charge in [0.2, 0.25) is 0 Å². The van der Waals surface area contributed by atoms with Crippen molar-refractivity contribution in [3.05, 3.63) is 59.4 Å². The molecule has 0 radical (unpaired) electrons. The molecule has 0 saturated carbocycles. The van der Waals surface area contributed by atoms with Crippen LogP contribution < -0.4 is 10.1 Å². The van der Waals surface area contributed by atoms with Gasteiger partial charge in [0.05, 0.1) is 0 Å². The Morgan fingerprint density at radius 1 is 1.16 bits per heavy atom. The van der Waals surface area contributed by atoms with Gasteiger partial charge in [-0.1, -0.05) is 6.07 Å². The topological polar surface area (TPSA) is 77.2 Å². The number of anilines is 1. The Labute approximate surface area is 143 Å². The molecule has 3 rings (SSSR count). The summed E-state index contributed by atoms with van der Waals surface area (Å²) in [7, 11) is 0. The van der Waals surface area contributed by atoms with Crippen LogP contribution in [0.5, 0.6) is 5.75 Å². The highest BCUT2D eigenvalue weighted by molar-refractivity contribution is 5.90. The maximum absolute atomic E-state index is 12.9. The monoisotopic (exact) mass is 341 g/mol. The van der Waals surface area contributed by atoms with Crippen molar-refractivity contribution >= 4 is 11.9 Å². The standard InChI is InChI=1S/C18H16FN3O3/c1-11-7-12(2)9-15(8-11)24-10-16(23)20-18-21-17(25-22-18)13-3-5-14(19)6-4-13/h3-9H,10H2,1-2H3,(H,20,22,23). The Hall–Kier alpha value is -3.22. The van der Waals surface area contributed by atoms with E-state index in [-0.39, 0.29) is 24.3 Å². The quantitative estimate of drug-likeness (QED) is 0.768. The van der Waals surface area contributed by atoms with Crippen LogP contribution in [0.2, 0.25) is 0 Å². The largest absolute Gasteiger partial charge is 0.484 e. The Bertz CT molecular complexity index is 871. The average Bonchev–Trinajstić information content (AvgIpc) is 3.01. The number of hydrogen-bond acceptors (Lipinski definition) is 5. The van der Waals surface area contributed by atoms with Crippen molar-refractivity contribution in [1.29, 1.82) is 0 Å². The van der Waals surface area contributed by atoms with Gasteiger partial charge in [-0.2, -0.15) is 4.98 Å². The van der Waals surface area contributed by atoms with Gasteiger partial charge in [-0.05, 0) is 66.5 Å². The fourth-order valence-electron chi connectivity index (χ4n) is 2.31. The summed E-state index contributed by atoms with van der Waals surface area (Å²) in [6, 6.07) is 11.3. The lowest BCUT2D eigenvalue weighted by atomic mass is 10.1. The van der Waals surface area contributed by atoms with Crippen LogP contribution in [0.4, 0.5) is 10.3 Å². The molecule has 0 aliphatic rings. The summed E-state index contributed by atoms with van der Waals surface area (Å²) < 4.78 is 23.4. The fourth-order valence-corrected chi connectivity index (χ4v) is 2.31. The Balaban J connectivity index is 1.59. The minimum atomic E-state index is -0.411. The van der Waals surface area contributed by atoms with E-state index in [9.17, 15) is 9.18 Å². The van der Waals surface area contributed by atoms with Crippen molar-refractivity contribution in [1.82, 2.24) is 10.1 Å². The molecule has 0 unspecified atom stereocenters. The highest BCUT2D eigenvalue weighted by atomic mass is 19.1. The van der Waals surface area contributed by atoms with Crippen molar-refractivity contribution in [3.63, 3.8) is 0 Å². The number of halogens is 1. The highest BCUT2D eigenvalue weighted by Crippen LogP contribution is 2.19. The number of carbonyl (C=O) groups excluding carboxylic acids is 1. The van der Waals surface area contributed by atoms with Gasteiger partial charge in [0.1, 0.15) is 11.6 Å². The van der Waals surface area contributed by atoms with E-state index in [4.69, 9.17) is 9.26 Å². The minimum Gasteiger partial charge on any atom is -0.484 e. The molecule has 3 aromatic rings. The lowest BCUT2D eigenvalue weighted by Crippen LogP contribution is -2.20. The second-order valence-electron chi connectivity index (χ2n) is 5.59. The Kier molecular flexibility index (Phi) is 4.74. The predicted molar refractivity (Wildman–Crippen MR) is 89.7 cm³/mol. The van der Waals surface area contributed by atoms with Gasteiger partial charge in [-0.3, -0.25) is 10.1 Å². The maximum atomic E-state index is 12.9. The van der Waals surface area contributed by atoms with Gasteiger partial charge in [0, 0.05) is 5.56 Å². The number of carbonyl (C=O) groups is 1. The molecule has 6 nitrogen and oxygen atoms in total. The summed E-state index contributed by atoms with van der Waals surface area (Å²) in [6.45, 7) is 3.73. The molecule has 1 amide bonds. The SMILES string of the molecule is Cc1cc(C)cc(OCC(=O)Nc2noc(-c3ccc(F)cc3)n2)c1. The maximum Gasteiger partial charge on any atom is 0.270 e. The second-order valence-corrected chi connectivity index (χ2v) is 5.59. The zero-order valence-corrected chi connectivity index (χ0v) is 13.7. The summed E-state index contributed by atoms with van der Waals surface area (Å²) in [5.74, 6) is 0.0533. The number of benzene rings is 2. The molecule has 0 spiro atoms. The van der Waals surface area contributed by atoms with E-state index in [0.29, 0.717) is 11.3 Å². The Morgan fingerprint density at radius 3 is 2.52 bits per heavy atom. The first-order valence-electron chi connectivity index (χ1n) is 7.60. The summed E-state index contributed by atoms with van der Waals surface area (Å²) in [6.07, 6.45) is 0. The molecule has 1 heterocycles. The van der Waals surface area contributed by atoms with Gasteiger partial charge < -0.3 is 9.26 Å². The first-order chi connectivity index (χ1) is 12.0. The summed E-state index contributed by atoms with van der Waals surface area (Å²) in [5, 5.41) is 6.16. The fraction of sp³-hybridized carbons (Fsp3) is 0.167. The second kappa shape index (κ2) is 7.12. The van der Waals surface area contributed by atoms with Crippen LogP contribution >= 0.6 is 0 Å². The molecule has 128 valence electrons. The smallest absolute Gasteiger partial charge is 0.270 e. The molecule has 0 aliphatic heterocycles. The Morgan fingerprint density at radius 2 is 1.84 bits per heavy atom. The zero-order valence-electron chi connectivity index (χ0n) is 13.7. The lowest BCUT2D eigenvalue weighted by Gasteiger charge is -2.07. The summed E-state index contributed by atoms with van der Waals surface area (Å²) in [5.41, 5.74) is 2.66. The molecule has 25 heavy (non-hydrogen) atoms. The average molecular weight is 341 g/mol. The molecule has 0 atom stereocenters. The number of nitrogens with one attached hydrogen (secondary N) is 1. The number of nitrogens with zero attached hydrogens (tertiary/aromatic N) is 2. The van der Waals surface area contributed by atoms with Crippen molar-refractivity contribution in [2.75, 3.05) is 11.9 Å². The van der Waals surface area contributed by atoms with Gasteiger partial charge in [0.25, 0.3) is 17.7 Å². The van der Waals surface area contributed by atoms with Crippen LogP contribution in [0.25, 0.3) is 11.5 Å². The summed E-state index contributed by atoms with van der Waals surface area (Å²) in [4.78, 5) is 16.0. The van der Waals surface area contributed by atoms with E-state index in [1.807, 2.05) is 32.0 Å². The summed E-state index contributed by atoms with van der Waals surface area (Å²) >= 11 is 0. The molecular formula is C18H16FN3O3. The van der Waals surface area contributed by atoms with E-state index >= 15 is 0 Å². The normalized spacial score (nSPS) is 10.5. The molecule has 0 fully saturated rings. The van der Waals surface area contributed by atoms with E-state index in [1.165, 1.54) is 24.3 Å². The van der Waals surface area contributed by atoms with Crippen LogP contribution in [0.3, 0.4) is 0 Å². The highest BCUT2D eigenvalue weighted by Gasteiger charge is 2.12. The first-order valence-corrected chi connectivity index (χ1v) is 7.60. The van der Waals surface area contributed by atoms with E-state index in [1.54, 1.807) is 0 Å². The molecule has 1 aromatic heterocycles. The van der Waals surface area contributed by atoms with Crippen molar-refractivity contribution in [2.45, 2.75) is 13.8 Å². The molecule has 7 heteroatoms.